The molecule has 4 aromatic rings. The van der Waals surface area contributed by atoms with Gasteiger partial charge in [-0.1, -0.05) is 6.07 Å². The summed E-state index contributed by atoms with van der Waals surface area (Å²) in [5.74, 6) is 2.44. The maximum absolute atomic E-state index is 12.3. The number of amides is 1. The van der Waals surface area contributed by atoms with Crippen LogP contribution in [0.5, 0.6) is 11.5 Å². The van der Waals surface area contributed by atoms with E-state index in [4.69, 9.17) is 30.8 Å². The third-order valence-corrected chi connectivity index (χ3v) is 6.79. The number of hydrogen-bond acceptors (Lipinski definition) is 7. The number of rotatable bonds is 10. The summed E-state index contributed by atoms with van der Waals surface area (Å²) in [4.78, 5) is 18.9. The molecule has 10 heteroatoms. The average Bonchev–Trinajstić information content (AvgIpc) is 3.59. The van der Waals surface area contributed by atoms with Crippen LogP contribution in [-0.2, 0) is 9.53 Å². The summed E-state index contributed by atoms with van der Waals surface area (Å²) in [6.45, 7) is 2.48. The van der Waals surface area contributed by atoms with Crippen molar-refractivity contribution in [1.82, 2.24) is 10.3 Å². The minimum absolute atomic E-state index is 0.0812. The lowest BCUT2D eigenvalue weighted by Crippen LogP contribution is -2.29. The second-order valence-electron chi connectivity index (χ2n) is 9.02. The first-order valence-electron chi connectivity index (χ1n) is 12.8. The van der Waals surface area contributed by atoms with Crippen LogP contribution in [-0.4, -0.2) is 43.4 Å². The van der Waals surface area contributed by atoms with E-state index in [0.717, 1.165) is 28.5 Å². The first-order valence-corrected chi connectivity index (χ1v) is 13.2. The number of pyridine rings is 1. The van der Waals surface area contributed by atoms with Gasteiger partial charge in [0.05, 0.1) is 31.1 Å². The summed E-state index contributed by atoms with van der Waals surface area (Å²) in [5.41, 5.74) is 2.99. The molecule has 2 aromatic heterocycles. The molecule has 1 amide bonds. The van der Waals surface area contributed by atoms with Crippen molar-refractivity contribution in [2.24, 2.45) is 0 Å². The van der Waals surface area contributed by atoms with Gasteiger partial charge in [-0.3, -0.25) is 9.78 Å². The first kappa shape index (κ1) is 27.2. The van der Waals surface area contributed by atoms with Gasteiger partial charge in [0.15, 0.2) is 5.11 Å². The Balaban J connectivity index is 1.54. The SMILES string of the molecule is CCOc1ccc(-c2ccc(C3C(c4ccccn4)NC(=S)N3c3ccc(OC)c(NC(=O)COC)c3)o2)cc1. The molecule has 1 saturated heterocycles. The van der Waals surface area contributed by atoms with Crippen molar-refractivity contribution < 1.29 is 23.4 Å². The second-order valence-corrected chi connectivity index (χ2v) is 9.41. The molecule has 1 fully saturated rings. The van der Waals surface area contributed by atoms with Crippen LogP contribution in [0.15, 0.2) is 83.4 Å². The summed E-state index contributed by atoms with van der Waals surface area (Å²) in [7, 11) is 3.02. The Hall–Kier alpha value is -4.41. The number of carbonyl (C=O) groups is 1. The number of benzene rings is 2. The number of aromatic nitrogens is 1. The van der Waals surface area contributed by atoms with E-state index in [1.54, 1.807) is 19.4 Å². The fraction of sp³-hybridized carbons (Fsp3) is 0.233. The number of carbonyl (C=O) groups excluding carboxylic acids is 1. The van der Waals surface area contributed by atoms with Crippen LogP contribution < -0.4 is 25.0 Å². The van der Waals surface area contributed by atoms with Gasteiger partial charge in [0.25, 0.3) is 0 Å². The Morgan fingerprint density at radius 3 is 2.62 bits per heavy atom. The number of methoxy groups -OCH3 is 2. The van der Waals surface area contributed by atoms with Crippen LogP contribution in [0.3, 0.4) is 0 Å². The largest absolute Gasteiger partial charge is 0.495 e. The highest BCUT2D eigenvalue weighted by Gasteiger charge is 2.42. The monoisotopic (exact) mass is 558 g/mol. The normalized spacial score (nSPS) is 16.5. The van der Waals surface area contributed by atoms with Crippen molar-refractivity contribution in [1.29, 1.82) is 0 Å². The molecule has 5 rings (SSSR count). The van der Waals surface area contributed by atoms with Gasteiger partial charge in [-0.15, -0.1) is 0 Å². The lowest BCUT2D eigenvalue weighted by molar-refractivity contribution is -0.119. The van der Waals surface area contributed by atoms with Crippen LogP contribution >= 0.6 is 12.2 Å². The number of ether oxygens (including phenoxy) is 3. The van der Waals surface area contributed by atoms with Crippen LogP contribution in [0.1, 0.15) is 30.5 Å². The number of nitrogens with zero attached hydrogens (tertiary/aromatic N) is 2. The zero-order valence-electron chi connectivity index (χ0n) is 22.4. The number of furan rings is 1. The van der Waals surface area contributed by atoms with Crippen LogP contribution in [0.4, 0.5) is 11.4 Å². The predicted molar refractivity (Wildman–Crippen MR) is 157 cm³/mol. The van der Waals surface area contributed by atoms with Gasteiger partial charge in [-0.25, -0.2) is 0 Å². The standard InChI is InChI=1S/C30H30N4O5S/c1-4-38-21-11-8-19(9-12-21)24-14-15-26(39-24)29-28(22-7-5-6-16-31-22)33-30(40)34(29)20-10-13-25(37-3)23(17-20)32-27(35)18-36-2/h5-17,28-29H,4,18H2,1-3H3,(H,32,35)(H,33,40). The van der Waals surface area contributed by atoms with E-state index in [2.05, 4.69) is 15.6 Å². The van der Waals surface area contributed by atoms with Crippen molar-refractivity contribution >= 4 is 34.6 Å². The molecule has 0 radical (unpaired) electrons. The minimum Gasteiger partial charge on any atom is -0.495 e. The van der Waals surface area contributed by atoms with Crippen LogP contribution in [0.25, 0.3) is 11.3 Å². The van der Waals surface area contributed by atoms with Gasteiger partial charge >= 0.3 is 0 Å². The minimum atomic E-state index is -0.366. The number of anilines is 2. The highest BCUT2D eigenvalue weighted by Crippen LogP contribution is 2.44. The number of thiocarbonyl (C=S) groups is 1. The Labute approximate surface area is 238 Å². The van der Waals surface area contributed by atoms with Crippen molar-refractivity contribution in [3.63, 3.8) is 0 Å². The maximum atomic E-state index is 12.3. The van der Waals surface area contributed by atoms with Crippen molar-refractivity contribution in [2.75, 3.05) is 37.7 Å². The Bertz CT molecular complexity index is 1480. The molecule has 0 saturated carbocycles. The summed E-state index contributed by atoms with van der Waals surface area (Å²) in [6.07, 6.45) is 1.75. The predicted octanol–water partition coefficient (Wildman–Crippen LogP) is 5.51. The van der Waals surface area contributed by atoms with E-state index in [-0.39, 0.29) is 24.6 Å². The fourth-order valence-corrected chi connectivity index (χ4v) is 5.08. The zero-order chi connectivity index (χ0) is 28.1. The Morgan fingerprint density at radius 2 is 1.93 bits per heavy atom. The number of nitrogens with one attached hydrogen (secondary N) is 2. The molecule has 3 heterocycles. The fourth-order valence-electron chi connectivity index (χ4n) is 4.73. The molecule has 0 bridgehead atoms. The maximum Gasteiger partial charge on any atom is 0.250 e. The van der Waals surface area contributed by atoms with E-state index < -0.39 is 0 Å². The molecule has 40 heavy (non-hydrogen) atoms. The molecule has 9 nitrogen and oxygen atoms in total. The van der Waals surface area contributed by atoms with Gasteiger partial charge in [0, 0.05) is 24.6 Å². The number of hydrogen-bond donors (Lipinski definition) is 2. The van der Waals surface area contributed by atoms with E-state index in [9.17, 15) is 4.79 Å². The van der Waals surface area contributed by atoms with Crippen LogP contribution in [0, 0.1) is 0 Å². The molecule has 1 aliphatic rings. The van der Waals surface area contributed by atoms with E-state index in [1.165, 1.54) is 7.11 Å². The van der Waals surface area contributed by atoms with Gasteiger partial charge in [0.1, 0.15) is 35.7 Å². The summed E-state index contributed by atoms with van der Waals surface area (Å²) in [5, 5.41) is 6.78. The Morgan fingerprint density at radius 1 is 1.10 bits per heavy atom. The van der Waals surface area contributed by atoms with Crippen LogP contribution in [0.2, 0.25) is 0 Å². The van der Waals surface area contributed by atoms with Gasteiger partial charge < -0.3 is 34.2 Å². The molecule has 2 N–H and O–H groups in total. The van der Waals surface area contributed by atoms with Crippen molar-refractivity contribution in [3.8, 4) is 22.8 Å². The van der Waals surface area contributed by atoms with Crippen molar-refractivity contribution in [3.05, 3.63) is 90.4 Å². The second kappa shape index (κ2) is 12.2. The summed E-state index contributed by atoms with van der Waals surface area (Å²) in [6, 6.07) is 22.3. The zero-order valence-corrected chi connectivity index (χ0v) is 23.2. The summed E-state index contributed by atoms with van der Waals surface area (Å²) >= 11 is 5.84. The van der Waals surface area contributed by atoms with E-state index in [1.807, 2.05) is 78.6 Å². The van der Waals surface area contributed by atoms with Gasteiger partial charge in [-0.2, -0.15) is 0 Å². The Kier molecular flexibility index (Phi) is 8.28. The first-order chi connectivity index (χ1) is 19.5. The molecule has 2 atom stereocenters. The molecular formula is C30H30N4O5S. The average molecular weight is 559 g/mol. The highest BCUT2D eigenvalue weighted by atomic mass is 32.1. The molecule has 2 aromatic carbocycles. The summed E-state index contributed by atoms with van der Waals surface area (Å²) < 4.78 is 22.5. The van der Waals surface area contributed by atoms with Crippen molar-refractivity contribution in [2.45, 2.75) is 19.0 Å². The third-order valence-electron chi connectivity index (χ3n) is 6.48. The molecule has 1 aliphatic heterocycles. The lowest BCUT2D eigenvalue weighted by atomic mass is 10.0. The topological polar surface area (TPSA) is 98.1 Å². The molecular weight excluding hydrogens is 528 g/mol. The third kappa shape index (κ3) is 5.63. The quantitative estimate of drug-likeness (QED) is 0.244. The lowest BCUT2D eigenvalue weighted by Gasteiger charge is -2.27. The molecule has 0 spiro atoms. The molecule has 206 valence electrons. The van der Waals surface area contributed by atoms with E-state index >= 15 is 0 Å². The molecule has 2 unspecified atom stereocenters. The van der Waals surface area contributed by atoms with Gasteiger partial charge in [-0.05, 0) is 85.9 Å². The molecule has 0 aliphatic carbocycles. The van der Waals surface area contributed by atoms with Gasteiger partial charge in [0.2, 0.25) is 5.91 Å². The smallest absolute Gasteiger partial charge is 0.250 e. The highest BCUT2D eigenvalue weighted by molar-refractivity contribution is 7.80. The van der Waals surface area contributed by atoms with E-state index in [0.29, 0.717) is 28.9 Å².